The minimum absolute atomic E-state index is 0.00261. The Morgan fingerprint density at radius 1 is 1.15 bits per heavy atom. The van der Waals surface area contributed by atoms with Crippen LogP contribution in [0.2, 0.25) is 0 Å². The van der Waals surface area contributed by atoms with Gasteiger partial charge in [0.25, 0.3) is 0 Å². The summed E-state index contributed by atoms with van der Waals surface area (Å²) in [4.78, 5) is 25.1. The summed E-state index contributed by atoms with van der Waals surface area (Å²) in [5.74, 6) is -0.421. The molecule has 6 nitrogen and oxygen atoms in total. The summed E-state index contributed by atoms with van der Waals surface area (Å²) >= 11 is 1.31. The molecule has 0 bridgehead atoms. The van der Waals surface area contributed by atoms with Crippen molar-refractivity contribution in [1.82, 2.24) is 15.5 Å². The average molecular weight is 375 g/mol. The van der Waals surface area contributed by atoms with Crippen molar-refractivity contribution in [2.45, 2.75) is 47.1 Å². The topological polar surface area (TPSA) is 84.0 Å². The minimum Gasteiger partial charge on any atom is -0.344 e. The number of hydrogen-bond acceptors (Lipinski definition) is 5. The van der Waals surface area contributed by atoms with E-state index < -0.39 is 11.5 Å². The molecule has 0 unspecified atom stereocenters. The summed E-state index contributed by atoms with van der Waals surface area (Å²) in [5.41, 5.74) is 0.389. The Kier molecular flexibility index (Phi) is 6.47. The van der Waals surface area contributed by atoms with E-state index in [1.165, 1.54) is 11.3 Å². The highest BCUT2D eigenvalue weighted by Crippen LogP contribution is 2.26. The number of hydrogen-bond donors (Lipinski definition) is 2. The zero-order valence-electron chi connectivity index (χ0n) is 15.9. The van der Waals surface area contributed by atoms with Gasteiger partial charge in [0, 0.05) is 11.0 Å². The molecule has 1 aromatic heterocycles. The second-order valence-corrected chi connectivity index (χ2v) is 8.33. The molecular formula is C19H26N4O2S. The quantitative estimate of drug-likeness (QED) is 0.807. The predicted molar refractivity (Wildman–Crippen MR) is 105 cm³/mol. The lowest BCUT2D eigenvalue weighted by Crippen LogP contribution is -2.50. The van der Waals surface area contributed by atoms with Gasteiger partial charge in [0.15, 0.2) is 0 Å². The molecule has 1 aromatic carbocycles. The van der Waals surface area contributed by atoms with Crippen LogP contribution in [0.1, 0.15) is 41.0 Å². The van der Waals surface area contributed by atoms with Crippen molar-refractivity contribution in [2.75, 3.05) is 5.32 Å². The molecule has 2 amide bonds. The molecule has 0 fully saturated rings. The Morgan fingerprint density at radius 2 is 1.81 bits per heavy atom. The standard InChI is InChI=1S/C19H26N4O2S/c1-6-12(2)14(20-17(25)19(3,4)5)15(24)21-18-23-22-16(26-18)13-10-8-7-9-11-13/h7-12,14H,6H2,1-5H3,(H,20,25)(H,21,23,24)/t12-,14-/m1/s1. The molecule has 0 radical (unpaired) electrons. The van der Waals surface area contributed by atoms with Crippen LogP contribution in [-0.2, 0) is 9.59 Å². The van der Waals surface area contributed by atoms with Crippen molar-refractivity contribution in [3.05, 3.63) is 30.3 Å². The largest absolute Gasteiger partial charge is 0.344 e. The maximum absolute atomic E-state index is 12.7. The predicted octanol–water partition coefficient (Wildman–Crippen LogP) is 3.72. The van der Waals surface area contributed by atoms with E-state index in [2.05, 4.69) is 20.8 Å². The molecule has 2 aromatic rings. The molecule has 0 aliphatic heterocycles. The second kappa shape index (κ2) is 8.40. The summed E-state index contributed by atoms with van der Waals surface area (Å²) in [6.07, 6.45) is 0.772. The maximum Gasteiger partial charge on any atom is 0.249 e. The van der Waals surface area contributed by atoms with Gasteiger partial charge < -0.3 is 5.32 Å². The highest BCUT2D eigenvalue weighted by Gasteiger charge is 2.31. The number of rotatable bonds is 6. The monoisotopic (exact) mass is 374 g/mol. The summed E-state index contributed by atoms with van der Waals surface area (Å²) in [5, 5.41) is 15.0. The SMILES string of the molecule is CC[C@@H](C)[C@@H](NC(=O)C(C)(C)C)C(=O)Nc1nnc(-c2ccccc2)s1. The molecule has 7 heteroatoms. The number of nitrogens with zero attached hydrogens (tertiary/aromatic N) is 2. The third-order valence-corrected chi connectivity index (χ3v) is 5.03. The number of aromatic nitrogens is 2. The number of amides is 2. The van der Waals surface area contributed by atoms with Crippen LogP contribution in [-0.4, -0.2) is 28.1 Å². The molecule has 1 heterocycles. The summed E-state index contributed by atoms with van der Waals surface area (Å²) in [6.45, 7) is 9.41. The van der Waals surface area contributed by atoms with E-state index in [1.807, 2.05) is 65.0 Å². The van der Waals surface area contributed by atoms with Gasteiger partial charge in [-0.05, 0) is 5.92 Å². The van der Waals surface area contributed by atoms with Crippen LogP contribution in [0, 0.1) is 11.3 Å². The van der Waals surface area contributed by atoms with Crippen molar-refractivity contribution >= 4 is 28.3 Å². The molecular weight excluding hydrogens is 348 g/mol. The Morgan fingerprint density at radius 3 is 2.38 bits per heavy atom. The smallest absolute Gasteiger partial charge is 0.249 e. The van der Waals surface area contributed by atoms with Crippen LogP contribution in [0.3, 0.4) is 0 Å². The molecule has 0 aliphatic rings. The Balaban J connectivity index is 2.12. The van der Waals surface area contributed by atoms with E-state index in [-0.39, 0.29) is 17.7 Å². The first kappa shape index (κ1) is 20.0. The fourth-order valence-corrected chi connectivity index (χ4v) is 2.97. The Hall–Kier alpha value is -2.28. The van der Waals surface area contributed by atoms with E-state index in [0.717, 1.165) is 17.0 Å². The summed E-state index contributed by atoms with van der Waals surface area (Å²) < 4.78 is 0. The van der Waals surface area contributed by atoms with Crippen molar-refractivity contribution in [3.8, 4) is 10.6 Å². The highest BCUT2D eigenvalue weighted by molar-refractivity contribution is 7.18. The normalized spacial score (nSPS) is 13.7. The fourth-order valence-electron chi connectivity index (χ4n) is 2.21. The lowest BCUT2D eigenvalue weighted by molar-refractivity contribution is -0.132. The molecule has 140 valence electrons. The molecule has 0 aliphatic carbocycles. The summed E-state index contributed by atoms with van der Waals surface area (Å²) in [7, 11) is 0. The number of anilines is 1. The van der Waals surface area contributed by atoms with Crippen LogP contribution in [0.25, 0.3) is 10.6 Å². The van der Waals surface area contributed by atoms with Crippen LogP contribution in [0.5, 0.6) is 0 Å². The number of benzene rings is 1. The Bertz CT molecular complexity index is 752. The third-order valence-electron chi connectivity index (χ3n) is 4.14. The van der Waals surface area contributed by atoms with Crippen molar-refractivity contribution in [2.24, 2.45) is 11.3 Å². The maximum atomic E-state index is 12.7. The van der Waals surface area contributed by atoms with Gasteiger partial charge >= 0.3 is 0 Å². The zero-order chi connectivity index (χ0) is 19.3. The van der Waals surface area contributed by atoms with Crippen LogP contribution in [0.4, 0.5) is 5.13 Å². The first-order valence-corrected chi connectivity index (χ1v) is 9.54. The number of carbonyl (C=O) groups excluding carboxylic acids is 2. The molecule has 2 rings (SSSR count). The lowest BCUT2D eigenvalue weighted by Gasteiger charge is -2.27. The van der Waals surface area contributed by atoms with Gasteiger partial charge in [0.1, 0.15) is 11.0 Å². The number of nitrogens with one attached hydrogen (secondary N) is 2. The summed E-state index contributed by atoms with van der Waals surface area (Å²) in [6, 6.07) is 9.05. The molecule has 26 heavy (non-hydrogen) atoms. The van der Waals surface area contributed by atoms with Crippen molar-refractivity contribution < 1.29 is 9.59 Å². The van der Waals surface area contributed by atoms with Gasteiger partial charge in [0.2, 0.25) is 16.9 Å². The first-order valence-electron chi connectivity index (χ1n) is 8.73. The van der Waals surface area contributed by atoms with Gasteiger partial charge in [-0.1, -0.05) is 82.7 Å². The molecule has 2 atom stereocenters. The van der Waals surface area contributed by atoms with Gasteiger partial charge in [-0.15, -0.1) is 10.2 Å². The van der Waals surface area contributed by atoms with Gasteiger partial charge in [-0.2, -0.15) is 0 Å². The average Bonchev–Trinajstić information content (AvgIpc) is 3.07. The van der Waals surface area contributed by atoms with Crippen LogP contribution in [0.15, 0.2) is 30.3 Å². The van der Waals surface area contributed by atoms with E-state index in [1.54, 1.807) is 0 Å². The zero-order valence-corrected chi connectivity index (χ0v) is 16.7. The van der Waals surface area contributed by atoms with Gasteiger partial charge in [0.05, 0.1) is 0 Å². The Labute approximate surface area is 158 Å². The van der Waals surface area contributed by atoms with Crippen molar-refractivity contribution in [1.29, 1.82) is 0 Å². The fraction of sp³-hybridized carbons (Fsp3) is 0.474. The van der Waals surface area contributed by atoms with E-state index in [9.17, 15) is 9.59 Å². The van der Waals surface area contributed by atoms with Crippen LogP contribution >= 0.6 is 11.3 Å². The van der Waals surface area contributed by atoms with E-state index in [4.69, 9.17) is 0 Å². The molecule has 0 saturated carbocycles. The molecule has 0 saturated heterocycles. The first-order chi connectivity index (χ1) is 12.2. The third kappa shape index (κ3) is 5.11. The lowest BCUT2D eigenvalue weighted by atomic mass is 9.92. The van der Waals surface area contributed by atoms with Crippen molar-refractivity contribution in [3.63, 3.8) is 0 Å². The van der Waals surface area contributed by atoms with Crippen LogP contribution < -0.4 is 10.6 Å². The minimum atomic E-state index is -0.615. The van der Waals surface area contributed by atoms with Gasteiger partial charge in [-0.25, -0.2) is 0 Å². The molecule has 2 N–H and O–H groups in total. The van der Waals surface area contributed by atoms with Gasteiger partial charge in [-0.3, -0.25) is 14.9 Å². The van der Waals surface area contributed by atoms with E-state index in [0.29, 0.717) is 5.13 Å². The van der Waals surface area contributed by atoms with E-state index >= 15 is 0 Å². The molecule has 0 spiro atoms. The highest BCUT2D eigenvalue weighted by atomic mass is 32.1. The second-order valence-electron chi connectivity index (χ2n) is 7.35. The number of carbonyl (C=O) groups is 2.